The maximum atomic E-state index is 12.0. The second kappa shape index (κ2) is 7.29. The van der Waals surface area contributed by atoms with Crippen molar-refractivity contribution in [2.75, 3.05) is 20.2 Å². The van der Waals surface area contributed by atoms with Gasteiger partial charge in [0.2, 0.25) is 5.91 Å². The van der Waals surface area contributed by atoms with Crippen LogP contribution < -0.4 is 10.1 Å². The number of likely N-dealkylation sites (N-methyl/N-ethyl adjacent to an activating group) is 1. The zero-order valence-corrected chi connectivity index (χ0v) is 14.3. The Morgan fingerprint density at radius 3 is 2.45 bits per heavy atom. The van der Waals surface area contributed by atoms with Crippen LogP contribution in [0.15, 0.2) is 18.2 Å². The van der Waals surface area contributed by atoms with Crippen LogP contribution in [0.5, 0.6) is 5.75 Å². The van der Waals surface area contributed by atoms with Crippen molar-refractivity contribution in [3.05, 3.63) is 29.3 Å². The highest BCUT2D eigenvalue weighted by molar-refractivity contribution is 5.85. The van der Waals surface area contributed by atoms with Crippen LogP contribution >= 0.6 is 0 Å². The van der Waals surface area contributed by atoms with Gasteiger partial charge >= 0.3 is 0 Å². The predicted octanol–water partition coefficient (Wildman–Crippen LogP) is 2.06. The first kappa shape index (κ1) is 18.0. The van der Waals surface area contributed by atoms with Gasteiger partial charge < -0.3 is 15.0 Å². The van der Waals surface area contributed by atoms with Gasteiger partial charge in [-0.05, 0) is 51.8 Å². The monoisotopic (exact) mass is 306 g/mol. The fourth-order valence-corrected chi connectivity index (χ4v) is 1.89. The SMILES string of the molecule is Cc1cccc(OCC(=O)N(C)CC(=O)NC(C)(C)C)c1C. The summed E-state index contributed by atoms with van der Waals surface area (Å²) in [4.78, 5) is 25.2. The Kier molecular flexibility index (Phi) is 5.97. The number of rotatable bonds is 5. The van der Waals surface area contributed by atoms with Crippen molar-refractivity contribution < 1.29 is 14.3 Å². The Hall–Kier alpha value is -2.04. The number of carbonyl (C=O) groups excluding carboxylic acids is 2. The molecule has 0 fully saturated rings. The predicted molar refractivity (Wildman–Crippen MR) is 86.9 cm³/mol. The van der Waals surface area contributed by atoms with Gasteiger partial charge in [-0.2, -0.15) is 0 Å². The molecule has 5 nitrogen and oxygen atoms in total. The molecular formula is C17H26N2O3. The minimum Gasteiger partial charge on any atom is -0.483 e. The van der Waals surface area contributed by atoms with Crippen LogP contribution in [-0.4, -0.2) is 42.5 Å². The highest BCUT2D eigenvalue weighted by Crippen LogP contribution is 2.20. The smallest absolute Gasteiger partial charge is 0.260 e. The van der Waals surface area contributed by atoms with E-state index < -0.39 is 0 Å². The van der Waals surface area contributed by atoms with Gasteiger partial charge in [0.05, 0.1) is 6.54 Å². The molecule has 0 saturated heterocycles. The molecule has 1 aromatic carbocycles. The van der Waals surface area contributed by atoms with Gasteiger partial charge in [0, 0.05) is 12.6 Å². The molecule has 0 atom stereocenters. The molecule has 1 rings (SSSR count). The number of nitrogens with one attached hydrogen (secondary N) is 1. The number of aryl methyl sites for hydroxylation is 1. The number of nitrogens with zero attached hydrogens (tertiary/aromatic N) is 1. The van der Waals surface area contributed by atoms with Crippen molar-refractivity contribution in [3.8, 4) is 5.75 Å². The molecule has 0 aliphatic rings. The molecule has 0 spiro atoms. The van der Waals surface area contributed by atoms with E-state index >= 15 is 0 Å². The van der Waals surface area contributed by atoms with E-state index in [-0.39, 0.29) is 30.5 Å². The van der Waals surface area contributed by atoms with E-state index in [0.29, 0.717) is 5.75 Å². The molecule has 1 aromatic rings. The van der Waals surface area contributed by atoms with Crippen molar-refractivity contribution >= 4 is 11.8 Å². The first-order chi connectivity index (χ1) is 10.1. The van der Waals surface area contributed by atoms with Crippen LogP contribution in [-0.2, 0) is 9.59 Å². The lowest BCUT2D eigenvalue weighted by atomic mass is 10.1. The molecular weight excluding hydrogens is 280 g/mol. The molecule has 22 heavy (non-hydrogen) atoms. The first-order valence-corrected chi connectivity index (χ1v) is 7.34. The Labute approximate surface area is 132 Å². The normalized spacial score (nSPS) is 11.0. The molecule has 0 saturated carbocycles. The fraction of sp³-hybridized carbons (Fsp3) is 0.529. The summed E-state index contributed by atoms with van der Waals surface area (Å²) < 4.78 is 5.56. The number of ether oxygens (including phenoxy) is 1. The van der Waals surface area contributed by atoms with Crippen molar-refractivity contribution in [3.63, 3.8) is 0 Å². The van der Waals surface area contributed by atoms with E-state index in [1.54, 1.807) is 7.05 Å². The molecule has 0 aliphatic carbocycles. The number of hydrogen-bond acceptors (Lipinski definition) is 3. The maximum absolute atomic E-state index is 12.0. The fourth-order valence-electron chi connectivity index (χ4n) is 1.89. The van der Waals surface area contributed by atoms with Gasteiger partial charge in [0.15, 0.2) is 6.61 Å². The lowest BCUT2D eigenvalue weighted by Gasteiger charge is -2.23. The standard InChI is InChI=1S/C17H26N2O3/c1-12-8-7-9-14(13(12)2)22-11-16(21)19(6)10-15(20)18-17(3,4)5/h7-9H,10-11H2,1-6H3,(H,18,20). The summed E-state index contributed by atoms with van der Waals surface area (Å²) in [5, 5.41) is 2.82. The minimum absolute atomic E-state index is 0.0201. The molecule has 0 aliphatic heterocycles. The second-order valence-electron chi connectivity index (χ2n) is 6.53. The Bertz CT molecular complexity index is 547. The van der Waals surface area contributed by atoms with E-state index in [0.717, 1.165) is 11.1 Å². The second-order valence-corrected chi connectivity index (χ2v) is 6.53. The zero-order chi connectivity index (χ0) is 16.9. The maximum Gasteiger partial charge on any atom is 0.260 e. The molecule has 0 heterocycles. The average Bonchev–Trinajstić information content (AvgIpc) is 2.37. The van der Waals surface area contributed by atoms with Gasteiger partial charge in [0.25, 0.3) is 5.91 Å². The Morgan fingerprint density at radius 2 is 1.86 bits per heavy atom. The van der Waals surface area contributed by atoms with Crippen LogP contribution in [0, 0.1) is 13.8 Å². The molecule has 5 heteroatoms. The lowest BCUT2D eigenvalue weighted by molar-refractivity contribution is -0.136. The summed E-state index contributed by atoms with van der Waals surface area (Å²) >= 11 is 0. The van der Waals surface area contributed by atoms with Crippen LogP contribution in [0.4, 0.5) is 0 Å². The van der Waals surface area contributed by atoms with Crippen molar-refractivity contribution in [2.24, 2.45) is 0 Å². The van der Waals surface area contributed by atoms with Gasteiger partial charge in [-0.15, -0.1) is 0 Å². The molecule has 0 bridgehead atoms. The van der Waals surface area contributed by atoms with Crippen LogP contribution in [0.25, 0.3) is 0 Å². The number of carbonyl (C=O) groups is 2. The van der Waals surface area contributed by atoms with E-state index in [9.17, 15) is 9.59 Å². The topological polar surface area (TPSA) is 58.6 Å². The van der Waals surface area contributed by atoms with Crippen LogP contribution in [0.3, 0.4) is 0 Å². The summed E-state index contributed by atoms with van der Waals surface area (Å²) in [7, 11) is 1.59. The summed E-state index contributed by atoms with van der Waals surface area (Å²) in [5.74, 6) is 0.279. The van der Waals surface area contributed by atoms with E-state index in [1.165, 1.54) is 4.90 Å². The third kappa shape index (κ3) is 5.76. The third-order valence-electron chi connectivity index (χ3n) is 3.23. The molecule has 0 unspecified atom stereocenters. The average molecular weight is 306 g/mol. The summed E-state index contributed by atoms with van der Waals surface area (Å²) in [6, 6.07) is 5.72. The highest BCUT2D eigenvalue weighted by Gasteiger charge is 2.18. The Morgan fingerprint density at radius 1 is 1.23 bits per heavy atom. The van der Waals surface area contributed by atoms with E-state index in [1.807, 2.05) is 52.8 Å². The third-order valence-corrected chi connectivity index (χ3v) is 3.23. The van der Waals surface area contributed by atoms with Crippen molar-refractivity contribution in [1.29, 1.82) is 0 Å². The zero-order valence-electron chi connectivity index (χ0n) is 14.3. The molecule has 0 radical (unpaired) electrons. The van der Waals surface area contributed by atoms with E-state index in [2.05, 4.69) is 5.32 Å². The molecule has 1 N–H and O–H groups in total. The summed E-state index contributed by atoms with van der Waals surface area (Å²) in [6.07, 6.45) is 0. The van der Waals surface area contributed by atoms with Crippen LogP contribution in [0.1, 0.15) is 31.9 Å². The number of hydrogen-bond donors (Lipinski definition) is 1. The molecule has 122 valence electrons. The van der Waals surface area contributed by atoms with Crippen LogP contribution in [0.2, 0.25) is 0 Å². The van der Waals surface area contributed by atoms with Crippen molar-refractivity contribution in [1.82, 2.24) is 10.2 Å². The number of amides is 2. The Balaban J connectivity index is 2.51. The quantitative estimate of drug-likeness (QED) is 0.906. The molecule has 2 amide bonds. The largest absolute Gasteiger partial charge is 0.483 e. The van der Waals surface area contributed by atoms with Gasteiger partial charge in [-0.3, -0.25) is 9.59 Å². The first-order valence-electron chi connectivity index (χ1n) is 7.34. The van der Waals surface area contributed by atoms with E-state index in [4.69, 9.17) is 4.74 Å². The number of benzene rings is 1. The summed E-state index contributed by atoms with van der Waals surface area (Å²) in [5.41, 5.74) is 1.82. The summed E-state index contributed by atoms with van der Waals surface area (Å²) in [6.45, 7) is 9.58. The van der Waals surface area contributed by atoms with Gasteiger partial charge in [0.1, 0.15) is 5.75 Å². The molecule has 0 aromatic heterocycles. The van der Waals surface area contributed by atoms with Crippen molar-refractivity contribution in [2.45, 2.75) is 40.2 Å². The van der Waals surface area contributed by atoms with Gasteiger partial charge in [-0.1, -0.05) is 12.1 Å². The van der Waals surface area contributed by atoms with Gasteiger partial charge in [-0.25, -0.2) is 0 Å². The lowest BCUT2D eigenvalue weighted by Crippen LogP contribution is -2.47. The highest BCUT2D eigenvalue weighted by atomic mass is 16.5. The minimum atomic E-state index is -0.309.